The molecule has 5 nitrogen and oxygen atoms in total. The minimum absolute atomic E-state index is 0.372. The summed E-state index contributed by atoms with van der Waals surface area (Å²) in [4.78, 5) is 9.05. The highest BCUT2D eigenvalue weighted by atomic mass is 16.4. The Morgan fingerprint density at radius 2 is 2.11 bits per heavy atom. The molecule has 1 unspecified atom stereocenters. The molecule has 0 saturated carbocycles. The van der Waals surface area contributed by atoms with Gasteiger partial charge >= 0.3 is 0 Å². The van der Waals surface area contributed by atoms with Crippen LogP contribution in [0.4, 0.5) is 0 Å². The third-order valence-corrected chi connectivity index (χ3v) is 3.34. The van der Waals surface area contributed by atoms with E-state index in [1.807, 2.05) is 0 Å². The fourth-order valence-corrected chi connectivity index (χ4v) is 2.17. The van der Waals surface area contributed by atoms with E-state index in [4.69, 9.17) is 4.42 Å². The van der Waals surface area contributed by atoms with Crippen molar-refractivity contribution < 1.29 is 9.52 Å². The van der Waals surface area contributed by atoms with Crippen LogP contribution in [-0.4, -0.2) is 65.8 Å². The Morgan fingerprint density at radius 3 is 2.78 bits per heavy atom. The first-order chi connectivity index (χ1) is 8.63. The van der Waals surface area contributed by atoms with Gasteiger partial charge in [0, 0.05) is 45.6 Å². The lowest BCUT2D eigenvalue weighted by atomic mass is 10.2. The Balaban J connectivity index is 1.74. The van der Waals surface area contributed by atoms with Crippen molar-refractivity contribution in [2.75, 3.05) is 39.8 Å². The summed E-state index contributed by atoms with van der Waals surface area (Å²) >= 11 is 0. The highest BCUT2D eigenvalue weighted by Crippen LogP contribution is 2.08. The molecule has 0 aromatic carbocycles. The summed E-state index contributed by atoms with van der Waals surface area (Å²) in [5, 5.41) is 9.27. The van der Waals surface area contributed by atoms with Crippen molar-refractivity contribution in [1.29, 1.82) is 0 Å². The summed E-state index contributed by atoms with van der Waals surface area (Å²) < 4.78 is 5.60. The van der Waals surface area contributed by atoms with Crippen molar-refractivity contribution in [1.82, 2.24) is 14.8 Å². The van der Waals surface area contributed by atoms with Gasteiger partial charge in [0.15, 0.2) is 5.89 Å². The largest absolute Gasteiger partial charge is 0.446 e. The number of aliphatic hydroxyl groups is 1. The van der Waals surface area contributed by atoms with Crippen molar-refractivity contribution in [3.63, 3.8) is 0 Å². The van der Waals surface area contributed by atoms with Crippen LogP contribution in [0.5, 0.6) is 0 Å². The topological polar surface area (TPSA) is 52.7 Å². The van der Waals surface area contributed by atoms with Crippen LogP contribution >= 0.6 is 0 Å². The molecule has 1 saturated heterocycles. The SMILES string of the molecule is CC(O)Cc1cnc(CCN2CCN(C)CC2)o1. The molecule has 0 bridgehead atoms. The molecule has 1 aliphatic heterocycles. The lowest BCUT2D eigenvalue weighted by molar-refractivity contribution is 0.152. The van der Waals surface area contributed by atoms with Gasteiger partial charge in [-0.1, -0.05) is 0 Å². The number of nitrogens with zero attached hydrogens (tertiary/aromatic N) is 3. The molecule has 2 rings (SSSR count). The maximum Gasteiger partial charge on any atom is 0.195 e. The summed E-state index contributed by atoms with van der Waals surface area (Å²) in [5.74, 6) is 1.56. The van der Waals surface area contributed by atoms with Gasteiger partial charge in [0.05, 0.1) is 12.3 Å². The van der Waals surface area contributed by atoms with Gasteiger partial charge in [-0.2, -0.15) is 0 Å². The van der Waals surface area contributed by atoms with Crippen LogP contribution in [0.3, 0.4) is 0 Å². The van der Waals surface area contributed by atoms with Gasteiger partial charge in [-0.3, -0.25) is 0 Å². The smallest absolute Gasteiger partial charge is 0.195 e. The van der Waals surface area contributed by atoms with Crippen molar-refractivity contribution in [3.05, 3.63) is 17.8 Å². The molecule has 5 heteroatoms. The van der Waals surface area contributed by atoms with Crippen LogP contribution in [0, 0.1) is 0 Å². The van der Waals surface area contributed by atoms with E-state index in [9.17, 15) is 5.11 Å². The second-order valence-corrected chi connectivity index (χ2v) is 5.17. The lowest BCUT2D eigenvalue weighted by Crippen LogP contribution is -2.45. The molecule has 0 aliphatic carbocycles. The van der Waals surface area contributed by atoms with Crippen molar-refractivity contribution in [2.45, 2.75) is 25.9 Å². The Morgan fingerprint density at radius 1 is 1.39 bits per heavy atom. The van der Waals surface area contributed by atoms with Crippen molar-refractivity contribution >= 4 is 0 Å². The minimum atomic E-state index is -0.372. The number of hydrogen-bond acceptors (Lipinski definition) is 5. The van der Waals surface area contributed by atoms with E-state index in [-0.39, 0.29) is 6.10 Å². The number of hydrogen-bond donors (Lipinski definition) is 1. The van der Waals surface area contributed by atoms with Crippen LogP contribution in [-0.2, 0) is 12.8 Å². The Hall–Kier alpha value is -0.910. The quantitative estimate of drug-likeness (QED) is 0.822. The summed E-state index contributed by atoms with van der Waals surface area (Å²) in [5.41, 5.74) is 0. The van der Waals surface area contributed by atoms with E-state index >= 15 is 0 Å². The lowest BCUT2D eigenvalue weighted by Gasteiger charge is -2.31. The van der Waals surface area contributed by atoms with E-state index in [1.165, 1.54) is 0 Å². The second-order valence-electron chi connectivity index (χ2n) is 5.17. The highest BCUT2D eigenvalue weighted by Gasteiger charge is 2.14. The molecule has 1 aromatic heterocycles. The van der Waals surface area contributed by atoms with E-state index in [0.717, 1.165) is 50.8 Å². The molecular formula is C13H23N3O2. The number of oxazole rings is 1. The van der Waals surface area contributed by atoms with Crippen LogP contribution < -0.4 is 0 Å². The average molecular weight is 253 g/mol. The molecule has 1 fully saturated rings. The molecule has 0 radical (unpaired) electrons. The average Bonchev–Trinajstić information content (AvgIpc) is 2.75. The molecule has 1 aliphatic rings. The Bertz CT molecular complexity index is 357. The summed E-state index contributed by atoms with van der Waals surface area (Å²) in [6.07, 6.45) is 2.75. The van der Waals surface area contributed by atoms with E-state index in [0.29, 0.717) is 6.42 Å². The van der Waals surface area contributed by atoms with E-state index in [1.54, 1.807) is 13.1 Å². The fourth-order valence-electron chi connectivity index (χ4n) is 2.17. The van der Waals surface area contributed by atoms with Crippen LogP contribution in [0.25, 0.3) is 0 Å². The Labute approximate surface area is 108 Å². The maximum absolute atomic E-state index is 9.27. The first-order valence-corrected chi connectivity index (χ1v) is 6.66. The summed E-state index contributed by atoms with van der Waals surface area (Å²) in [6.45, 7) is 7.28. The number of likely N-dealkylation sites (N-methyl/N-ethyl adjacent to an activating group) is 1. The zero-order valence-electron chi connectivity index (χ0n) is 11.3. The minimum Gasteiger partial charge on any atom is -0.446 e. The molecule has 1 N–H and O–H groups in total. The molecule has 0 amide bonds. The molecule has 1 aromatic rings. The van der Waals surface area contributed by atoms with Crippen molar-refractivity contribution in [2.24, 2.45) is 0 Å². The predicted molar refractivity (Wildman–Crippen MR) is 69.5 cm³/mol. The standard InChI is InChI=1S/C13H23N3O2/c1-11(17)9-12-10-14-13(18-12)3-4-16-7-5-15(2)6-8-16/h10-11,17H,3-9H2,1-2H3. The third-order valence-electron chi connectivity index (χ3n) is 3.34. The van der Waals surface area contributed by atoms with Gasteiger partial charge in [0.25, 0.3) is 0 Å². The number of aliphatic hydroxyl groups excluding tert-OH is 1. The molecular weight excluding hydrogens is 230 g/mol. The van der Waals surface area contributed by atoms with E-state index < -0.39 is 0 Å². The molecule has 2 heterocycles. The Kier molecular flexibility index (Phi) is 4.74. The first-order valence-electron chi connectivity index (χ1n) is 6.66. The van der Waals surface area contributed by atoms with Crippen LogP contribution in [0.1, 0.15) is 18.6 Å². The van der Waals surface area contributed by atoms with Gasteiger partial charge in [0.1, 0.15) is 5.76 Å². The molecule has 18 heavy (non-hydrogen) atoms. The number of aromatic nitrogens is 1. The fraction of sp³-hybridized carbons (Fsp3) is 0.769. The monoisotopic (exact) mass is 253 g/mol. The number of piperazine rings is 1. The summed E-state index contributed by atoms with van der Waals surface area (Å²) in [6, 6.07) is 0. The van der Waals surface area contributed by atoms with E-state index in [2.05, 4.69) is 21.8 Å². The van der Waals surface area contributed by atoms with Crippen LogP contribution in [0.2, 0.25) is 0 Å². The predicted octanol–water partition coefficient (Wildman–Crippen LogP) is 0.388. The molecule has 102 valence electrons. The zero-order chi connectivity index (χ0) is 13.0. The molecule has 0 spiro atoms. The summed E-state index contributed by atoms with van der Waals surface area (Å²) in [7, 11) is 2.16. The first kappa shape index (κ1) is 13.5. The van der Waals surface area contributed by atoms with Gasteiger partial charge in [-0.25, -0.2) is 4.98 Å². The normalized spacial score (nSPS) is 20.2. The van der Waals surface area contributed by atoms with Gasteiger partial charge in [0.2, 0.25) is 0 Å². The van der Waals surface area contributed by atoms with Crippen molar-refractivity contribution in [3.8, 4) is 0 Å². The van der Waals surface area contributed by atoms with Gasteiger partial charge in [-0.05, 0) is 14.0 Å². The second kappa shape index (κ2) is 6.31. The van der Waals surface area contributed by atoms with Crippen LogP contribution in [0.15, 0.2) is 10.6 Å². The third kappa shape index (κ3) is 4.08. The molecule has 1 atom stereocenters. The maximum atomic E-state index is 9.27. The highest BCUT2D eigenvalue weighted by molar-refractivity contribution is 4.96. The van der Waals surface area contributed by atoms with Gasteiger partial charge < -0.3 is 19.3 Å². The van der Waals surface area contributed by atoms with Gasteiger partial charge in [-0.15, -0.1) is 0 Å². The number of rotatable bonds is 5. The zero-order valence-corrected chi connectivity index (χ0v) is 11.3.